The number of carbonyl (C=O) groups is 1. The van der Waals surface area contributed by atoms with Crippen LogP contribution < -0.4 is 4.74 Å². The first-order valence-electron chi connectivity index (χ1n) is 4.79. The van der Waals surface area contributed by atoms with Gasteiger partial charge in [0.2, 0.25) is 0 Å². The van der Waals surface area contributed by atoms with Crippen LogP contribution in [0.2, 0.25) is 0 Å². The highest BCUT2D eigenvalue weighted by atomic mass is 79.9. The fraction of sp³-hybridized carbons (Fsp3) is 0.250. The summed E-state index contributed by atoms with van der Waals surface area (Å²) in [6, 6.07) is 5.62. The molecule has 3 heteroatoms. The fourth-order valence-electron chi connectivity index (χ4n) is 1.68. The number of ketones is 1. The van der Waals surface area contributed by atoms with Crippen molar-refractivity contribution in [3.8, 4) is 5.75 Å². The average Bonchev–Trinajstić information content (AvgIpc) is 2.57. The van der Waals surface area contributed by atoms with Gasteiger partial charge in [0.05, 0.1) is 0 Å². The van der Waals surface area contributed by atoms with Crippen molar-refractivity contribution < 1.29 is 9.53 Å². The third kappa shape index (κ3) is 2.29. The number of hydrogen-bond donors (Lipinski definition) is 0. The fourth-order valence-corrected chi connectivity index (χ4v) is 1.80. The molecule has 0 unspecified atom stereocenters. The molecule has 0 fully saturated rings. The van der Waals surface area contributed by atoms with E-state index < -0.39 is 0 Å². The molecule has 0 saturated carbocycles. The van der Waals surface area contributed by atoms with E-state index in [1.807, 2.05) is 18.2 Å². The zero-order valence-electron chi connectivity index (χ0n) is 8.25. The van der Waals surface area contributed by atoms with Crippen LogP contribution >= 0.6 is 15.9 Å². The number of fused-ring (bicyclic) bond motifs is 1. The summed E-state index contributed by atoms with van der Waals surface area (Å²) in [5.74, 6) is 1.03. The molecule has 0 N–H and O–H groups in total. The Morgan fingerprint density at radius 3 is 3.00 bits per heavy atom. The van der Waals surface area contributed by atoms with Gasteiger partial charge in [-0.3, -0.25) is 4.79 Å². The molecule has 0 aliphatic heterocycles. The number of Topliss-reactive ketones (excluding diaryl/α,β-unsaturated/α-hetero) is 1. The lowest BCUT2D eigenvalue weighted by atomic mass is 10.1. The van der Waals surface area contributed by atoms with E-state index in [9.17, 15) is 4.79 Å². The largest absolute Gasteiger partial charge is 0.488 e. The summed E-state index contributed by atoms with van der Waals surface area (Å²) in [6.45, 7) is 4.14. The van der Waals surface area contributed by atoms with Crippen molar-refractivity contribution in [3.05, 3.63) is 40.4 Å². The van der Waals surface area contributed by atoms with E-state index in [1.54, 1.807) is 0 Å². The Morgan fingerprint density at radius 1 is 1.47 bits per heavy atom. The number of hydrogen-bond acceptors (Lipinski definition) is 2. The Bertz CT molecular complexity index is 424. The van der Waals surface area contributed by atoms with E-state index in [1.165, 1.54) is 0 Å². The molecule has 1 aromatic rings. The maximum Gasteiger partial charge on any atom is 0.163 e. The lowest BCUT2D eigenvalue weighted by molar-refractivity contribution is 0.0994. The summed E-state index contributed by atoms with van der Waals surface area (Å²) in [7, 11) is 0. The van der Waals surface area contributed by atoms with Gasteiger partial charge in [-0.2, -0.15) is 0 Å². The molecule has 0 heterocycles. The van der Waals surface area contributed by atoms with Gasteiger partial charge >= 0.3 is 0 Å². The zero-order valence-corrected chi connectivity index (χ0v) is 9.84. The average molecular weight is 267 g/mol. The van der Waals surface area contributed by atoms with E-state index >= 15 is 0 Å². The molecule has 2 rings (SSSR count). The van der Waals surface area contributed by atoms with Gasteiger partial charge < -0.3 is 4.74 Å². The summed E-state index contributed by atoms with van der Waals surface area (Å²) in [6.07, 6.45) is 1.46. The SMILES string of the molecule is C=C(Br)COc1ccc2c(c1)CCC2=O. The highest BCUT2D eigenvalue weighted by Crippen LogP contribution is 2.26. The van der Waals surface area contributed by atoms with E-state index in [0.717, 1.165) is 27.8 Å². The number of benzene rings is 1. The van der Waals surface area contributed by atoms with Crippen LogP contribution in [0.25, 0.3) is 0 Å². The first-order valence-corrected chi connectivity index (χ1v) is 5.58. The lowest BCUT2D eigenvalue weighted by Crippen LogP contribution is -1.97. The predicted octanol–water partition coefficient (Wildman–Crippen LogP) is 3.10. The molecule has 1 aliphatic carbocycles. The molecule has 2 nitrogen and oxygen atoms in total. The van der Waals surface area contributed by atoms with Gasteiger partial charge in [-0.25, -0.2) is 0 Å². The molecule has 0 amide bonds. The van der Waals surface area contributed by atoms with Crippen LogP contribution in [0.3, 0.4) is 0 Å². The quantitative estimate of drug-likeness (QED) is 0.841. The van der Waals surface area contributed by atoms with Crippen LogP contribution in [0, 0.1) is 0 Å². The Hall–Kier alpha value is -1.09. The Morgan fingerprint density at radius 2 is 2.27 bits per heavy atom. The third-order valence-electron chi connectivity index (χ3n) is 2.39. The van der Waals surface area contributed by atoms with Gasteiger partial charge in [-0.15, -0.1) is 0 Å². The zero-order chi connectivity index (χ0) is 10.8. The standard InChI is InChI=1S/C12H11BrO2/c1-8(13)7-15-10-3-4-11-9(6-10)2-5-12(11)14/h3-4,6H,1-2,5,7H2. The molecule has 15 heavy (non-hydrogen) atoms. The highest BCUT2D eigenvalue weighted by molar-refractivity contribution is 9.11. The van der Waals surface area contributed by atoms with Crippen molar-refractivity contribution >= 4 is 21.7 Å². The Labute approximate surface area is 97.1 Å². The molecular weight excluding hydrogens is 256 g/mol. The number of aryl methyl sites for hydroxylation is 1. The second kappa shape index (κ2) is 4.19. The van der Waals surface area contributed by atoms with Crippen molar-refractivity contribution in [1.82, 2.24) is 0 Å². The molecule has 0 bridgehead atoms. The van der Waals surface area contributed by atoms with Gasteiger partial charge in [0, 0.05) is 16.5 Å². The smallest absolute Gasteiger partial charge is 0.163 e. The second-order valence-corrected chi connectivity index (χ2v) is 4.67. The summed E-state index contributed by atoms with van der Waals surface area (Å²) in [5, 5.41) is 0. The third-order valence-corrected chi connectivity index (χ3v) is 2.62. The molecular formula is C12H11BrO2. The number of carbonyl (C=O) groups excluding carboxylic acids is 1. The molecule has 0 spiro atoms. The Balaban J connectivity index is 2.16. The van der Waals surface area contributed by atoms with Crippen molar-refractivity contribution in [2.24, 2.45) is 0 Å². The van der Waals surface area contributed by atoms with E-state index in [-0.39, 0.29) is 5.78 Å². The lowest BCUT2D eigenvalue weighted by Gasteiger charge is -2.06. The maximum atomic E-state index is 11.4. The minimum Gasteiger partial charge on any atom is -0.488 e. The summed E-state index contributed by atoms with van der Waals surface area (Å²) < 4.78 is 6.27. The van der Waals surface area contributed by atoms with Gasteiger partial charge in [-0.05, 0) is 30.2 Å². The first kappa shape index (κ1) is 10.4. The van der Waals surface area contributed by atoms with Crippen LogP contribution in [-0.4, -0.2) is 12.4 Å². The molecule has 1 aromatic carbocycles. The number of rotatable bonds is 3. The van der Waals surface area contributed by atoms with Crippen molar-refractivity contribution in [2.45, 2.75) is 12.8 Å². The summed E-state index contributed by atoms with van der Waals surface area (Å²) in [4.78, 5) is 11.4. The van der Waals surface area contributed by atoms with Gasteiger partial charge in [0.1, 0.15) is 12.4 Å². The topological polar surface area (TPSA) is 26.3 Å². The van der Waals surface area contributed by atoms with Crippen LogP contribution in [-0.2, 0) is 6.42 Å². The van der Waals surface area contributed by atoms with Crippen LogP contribution in [0.5, 0.6) is 5.75 Å². The van der Waals surface area contributed by atoms with Crippen LogP contribution in [0.4, 0.5) is 0 Å². The van der Waals surface area contributed by atoms with Gasteiger partial charge in [0.25, 0.3) is 0 Å². The van der Waals surface area contributed by atoms with Crippen molar-refractivity contribution in [3.63, 3.8) is 0 Å². The molecule has 0 atom stereocenters. The van der Waals surface area contributed by atoms with E-state index in [4.69, 9.17) is 4.74 Å². The minimum atomic E-state index is 0.237. The molecule has 78 valence electrons. The normalized spacial score (nSPS) is 13.8. The second-order valence-electron chi connectivity index (χ2n) is 3.55. The van der Waals surface area contributed by atoms with E-state index in [2.05, 4.69) is 22.5 Å². The molecule has 1 aliphatic rings. The number of ether oxygens (including phenoxy) is 1. The van der Waals surface area contributed by atoms with Gasteiger partial charge in [-0.1, -0.05) is 22.5 Å². The van der Waals surface area contributed by atoms with Crippen LogP contribution in [0.1, 0.15) is 22.3 Å². The summed E-state index contributed by atoms with van der Waals surface area (Å²) >= 11 is 3.23. The highest BCUT2D eigenvalue weighted by Gasteiger charge is 2.19. The molecule has 0 aromatic heterocycles. The van der Waals surface area contributed by atoms with Crippen molar-refractivity contribution in [2.75, 3.05) is 6.61 Å². The van der Waals surface area contributed by atoms with Gasteiger partial charge in [0.15, 0.2) is 5.78 Å². The Kier molecular flexibility index (Phi) is 2.91. The predicted molar refractivity (Wildman–Crippen MR) is 62.7 cm³/mol. The first-order chi connectivity index (χ1) is 7.16. The summed E-state index contributed by atoms with van der Waals surface area (Å²) in [5.41, 5.74) is 1.94. The van der Waals surface area contributed by atoms with Crippen LogP contribution in [0.15, 0.2) is 29.3 Å². The van der Waals surface area contributed by atoms with E-state index in [0.29, 0.717) is 13.0 Å². The maximum absolute atomic E-state index is 11.4. The number of halogens is 1. The van der Waals surface area contributed by atoms with Crippen molar-refractivity contribution in [1.29, 1.82) is 0 Å². The molecule has 0 saturated heterocycles. The monoisotopic (exact) mass is 266 g/mol. The minimum absolute atomic E-state index is 0.237. The molecule has 0 radical (unpaired) electrons.